The Morgan fingerprint density at radius 2 is 1.82 bits per heavy atom. The molecule has 7 nitrogen and oxygen atoms in total. The van der Waals surface area contributed by atoms with E-state index in [1.165, 1.54) is 6.07 Å². The molecule has 0 unspecified atom stereocenters. The number of ketones is 1. The van der Waals surface area contributed by atoms with E-state index < -0.39 is 23.7 Å². The van der Waals surface area contributed by atoms with Crippen LogP contribution < -0.4 is 10.2 Å². The highest BCUT2D eigenvalue weighted by molar-refractivity contribution is 6.15. The van der Waals surface area contributed by atoms with Gasteiger partial charge in [-0.1, -0.05) is 73.8 Å². The first-order chi connectivity index (χ1) is 21.2. The lowest BCUT2D eigenvalue weighted by Gasteiger charge is -2.49. The number of hydrogen-bond acceptors (Lipinski definition) is 4. The van der Waals surface area contributed by atoms with E-state index in [1.54, 1.807) is 53.4 Å². The maximum Gasteiger partial charge on any atom is 0.416 e. The molecule has 0 spiro atoms. The maximum atomic E-state index is 14.3. The van der Waals surface area contributed by atoms with Gasteiger partial charge >= 0.3 is 6.18 Å². The van der Waals surface area contributed by atoms with Gasteiger partial charge in [0.1, 0.15) is 0 Å². The summed E-state index contributed by atoms with van der Waals surface area (Å²) in [5.74, 6) is -0.661. The van der Waals surface area contributed by atoms with E-state index in [0.717, 1.165) is 37.8 Å². The average Bonchev–Trinajstić information content (AvgIpc) is 3.03. The smallest absolute Gasteiger partial charge is 0.310 e. The number of amides is 1. The summed E-state index contributed by atoms with van der Waals surface area (Å²) in [6, 6.07) is 19.0. The van der Waals surface area contributed by atoms with Gasteiger partial charge in [-0.05, 0) is 72.2 Å². The van der Waals surface area contributed by atoms with Gasteiger partial charge in [0.05, 0.1) is 17.8 Å². The van der Waals surface area contributed by atoms with Crippen LogP contribution >= 0.6 is 0 Å². The van der Waals surface area contributed by atoms with Crippen LogP contribution in [0, 0.1) is 11.8 Å². The van der Waals surface area contributed by atoms with Crippen molar-refractivity contribution in [1.82, 2.24) is 5.32 Å². The zero-order chi connectivity index (χ0) is 31.3. The molecule has 44 heavy (non-hydrogen) atoms. The van der Waals surface area contributed by atoms with Gasteiger partial charge in [-0.3, -0.25) is 9.59 Å². The molecule has 4 atom stereocenters. The van der Waals surface area contributed by atoms with Gasteiger partial charge in [-0.25, -0.2) is 0 Å². The fourth-order valence-electron chi connectivity index (χ4n) is 6.80. The summed E-state index contributed by atoms with van der Waals surface area (Å²) in [4.78, 5) is 33.1. The standard InChI is InChI=1S/C34H36F3N5O2/c1-2-3-5-12-25-18-27(39-20-22-9-8-13-26(16-22)34(35,36)37)19-30-31(25)32(43)28-17-23(21-40-41-38)14-15-29(28)42(30)33(44)24-10-6-4-7-11-24/h4,6-11,13-17,25,27,30-31,39H,2-3,5,12,18-21H2,1H3/t25-,27-,30+,31-/m0/s1. The Morgan fingerprint density at radius 3 is 2.55 bits per heavy atom. The number of nitrogens with one attached hydrogen (secondary N) is 1. The van der Waals surface area contributed by atoms with Crippen molar-refractivity contribution in [1.29, 1.82) is 0 Å². The molecular formula is C34H36F3N5O2. The van der Waals surface area contributed by atoms with Gasteiger partial charge in [-0.2, -0.15) is 13.2 Å². The van der Waals surface area contributed by atoms with Gasteiger partial charge in [0, 0.05) is 40.6 Å². The minimum absolute atomic E-state index is 0.0114. The monoisotopic (exact) mass is 603 g/mol. The molecule has 1 saturated carbocycles. The summed E-state index contributed by atoms with van der Waals surface area (Å²) >= 11 is 0. The van der Waals surface area contributed by atoms with Crippen molar-refractivity contribution in [2.45, 2.75) is 76.8 Å². The van der Waals surface area contributed by atoms with E-state index >= 15 is 0 Å². The van der Waals surface area contributed by atoms with Crippen LogP contribution in [0.25, 0.3) is 10.4 Å². The van der Waals surface area contributed by atoms with Gasteiger partial charge in [-0.15, -0.1) is 0 Å². The van der Waals surface area contributed by atoms with E-state index in [2.05, 4.69) is 22.3 Å². The molecule has 0 aromatic heterocycles. The van der Waals surface area contributed by atoms with Gasteiger partial charge < -0.3 is 10.2 Å². The zero-order valence-electron chi connectivity index (χ0n) is 24.6. The molecule has 1 fully saturated rings. The molecule has 3 aromatic carbocycles. The third-order valence-electron chi connectivity index (χ3n) is 8.84. The first-order valence-electron chi connectivity index (χ1n) is 15.2. The number of hydrogen-bond donors (Lipinski definition) is 1. The number of alkyl halides is 3. The molecule has 3 aromatic rings. The fourth-order valence-corrected chi connectivity index (χ4v) is 6.80. The Kier molecular flexibility index (Phi) is 9.71. The fraction of sp³-hybridized carbons (Fsp3) is 0.412. The number of benzene rings is 3. The molecule has 1 amide bonds. The highest BCUT2D eigenvalue weighted by atomic mass is 19.4. The van der Waals surface area contributed by atoms with Crippen molar-refractivity contribution in [3.8, 4) is 0 Å². The van der Waals surface area contributed by atoms with Crippen LogP contribution in [0.5, 0.6) is 0 Å². The molecule has 1 N–H and O–H groups in total. The number of carbonyl (C=O) groups excluding carboxylic acids is 2. The predicted octanol–water partition coefficient (Wildman–Crippen LogP) is 8.49. The molecule has 230 valence electrons. The number of anilines is 1. The molecule has 1 aliphatic carbocycles. The molecule has 2 aliphatic rings. The summed E-state index contributed by atoms with van der Waals surface area (Å²) in [5.41, 5.74) is 10.8. The Hall–Kier alpha value is -4.14. The summed E-state index contributed by atoms with van der Waals surface area (Å²) in [7, 11) is 0. The number of nitrogens with zero attached hydrogens (tertiary/aromatic N) is 4. The summed E-state index contributed by atoms with van der Waals surface area (Å²) < 4.78 is 40.0. The van der Waals surface area contributed by atoms with E-state index in [-0.39, 0.29) is 36.7 Å². The van der Waals surface area contributed by atoms with Crippen LogP contribution in [-0.4, -0.2) is 23.8 Å². The quantitative estimate of drug-likeness (QED) is 0.109. The predicted molar refractivity (Wildman–Crippen MR) is 163 cm³/mol. The third kappa shape index (κ3) is 6.82. The number of halogens is 3. The number of Topliss-reactive ketones (excluding diaryl/α,β-unsaturated/α-hetero) is 1. The summed E-state index contributed by atoms with van der Waals surface area (Å²) in [6.07, 6.45) is 0.528. The molecular weight excluding hydrogens is 567 g/mol. The van der Waals surface area contributed by atoms with Gasteiger partial charge in [0.2, 0.25) is 0 Å². The molecule has 10 heteroatoms. The average molecular weight is 604 g/mol. The normalized spacial score (nSPS) is 21.3. The number of fused-ring (bicyclic) bond motifs is 2. The van der Waals surface area contributed by atoms with Gasteiger partial charge in [0.25, 0.3) is 5.91 Å². The molecule has 1 heterocycles. The van der Waals surface area contributed by atoms with E-state index in [0.29, 0.717) is 40.8 Å². The van der Waals surface area contributed by atoms with Crippen molar-refractivity contribution in [3.05, 3.63) is 111 Å². The number of rotatable bonds is 10. The number of carbonyl (C=O) groups is 2. The van der Waals surface area contributed by atoms with Crippen molar-refractivity contribution in [3.63, 3.8) is 0 Å². The lowest BCUT2D eigenvalue weighted by Crippen LogP contribution is -2.59. The Balaban J connectivity index is 1.51. The molecule has 0 saturated heterocycles. The summed E-state index contributed by atoms with van der Waals surface area (Å²) in [6.45, 7) is 2.46. The second kappa shape index (κ2) is 13.7. The van der Waals surface area contributed by atoms with Crippen molar-refractivity contribution in [2.75, 3.05) is 4.90 Å². The zero-order valence-corrected chi connectivity index (χ0v) is 24.6. The third-order valence-corrected chi connectivity index (χ3v) is 8.84. The SMILES string of the molecule is CCCCC[C@H]1C[C@H](NCc2cccc(C(F)(F)F)c2)C[C@@H]2[C@H]1C(=O)c1cc(CN=[N+]=[N-])ccc1N2C(=O)c1ccccc1. The first kappa shape index (κ1) is 31.3. The van der Waals surface area contributed by atoms with Crippen molar-refractivity contribution < 1.29 is 22.8 Å². The van der Waals surface area contributed by atoms with Crippen LogP contribution in [0.15, 0.2) is 77.9 Å². The van der Waals surface area contributed by atoms with E-state index in [9.17, 15) is 22.8 Å². The summed E-state index contributed by atoms with van der Waals surface area (Å²) in [5, 5.41) is 7.13. The minimum atomic E-state index is -4.42. The van der Waals surface area contributed by atoms with E-state index in [1.807, 2.05) is 6.07 Å². The maximum absolute atomic E-state index is 14.3. The first-order valence-corrected chi connectivity index (χ1v) is 15.2. The van der Waals surface area contributed by atoms with Crippen LogP contribution in [0.4, 0.5) is 18.9 Å². The number of unbranched alkanes of at least 4 members (excludes halogenated alkanes) is 2. The van der Waals surface area contributed by atoms with Crippen LogP contribution in [0.3, 0.4) is 0 Å². The topological polar surface area (TPSA) is 98.2 Å². The van der Waals surface area contributed by atoms with Crippen LogP contribution in [0.1, 0.15) is 82.9 Å². The van der Waals surface area contributed by atoms with Crippen molar-refractivity contribution in [2.24, 2.45) is 17.0 Å². The minimum Gasteiger partial charge on any atom is -0.310 e. The highest BCUT2D eigenvalue weighted by Crippen LogP contribution is 2.46. The van der Waals surface area contributed by atoms with Crippen LogP contribution in [0.2, 0.25) is 0 Å². The van der Waals surface area contributed by atoms with E-state index in [4.69, 9.17) is 5.53 Å². The Morgan fingerprint density at radius 1 is 1.02 bits per heavy atom. The molecule has 0 radical (unpaired) electrons. The molecule has 5 rings (SSSR count). The molecule has 0 bridgehead atoms. The Bertz CT molecular complexity index is 1540. The second-order valence-electron chi connectivity index (χ2n) is 11.7. The Labute approximate surface area is 255 Å². The highest BCUT2D eigenvalue weighted by Gasteiger charge is 2.50. The molecule has 1 aliphatic heterocycles. The second-order valence-corrected chi connectivity index (χ2v) is 11.7. The number of azide groups is 1. The lowest BCUT2D eigenvalue weighted by molar-refractivity contribution is -0.137. The van der Waals surface area contributed by atoms with Crippen molar-refractivity contribution >= 4 is 17.4 Å². The lowest BCUT2D eigenvalue weighted by atomic mass is 9.66. The van der Waals surface area contributed by atoms with Crippen LogP contribution in [-0.2, 0) is 19.3 Å². The largest absolute Gasteiger partial charge is 0.416 e. The van der Waals surface area contributed by atoms with Gasteiger partial charge in [0.15, 0.2) is 5.78 Å².